The van der Waals surface area contributed by atoms with E-state index in [0.717, 1.165) is 18.2 Å². The summed E-state index contributed by atoms with van der Waals surface area (Å²) in [6.45, 7) is -0.857. The van der Waals surface area contributed by atoms with E-state index in [1.54, 1.807) is 24.3 Å². The van der Waals surface area contributed by atoms with Crippen LogP contribution in [0.3, 0.4) is 0 Å². The molecule has 6 nitrogen and oxygen atoms in total. The fourth-order valence-corrected chi connectivity index (χ4v) is 2.57. The third-order valence-electron chi connectivity index (χ3n) is 3.92. The minimum absolute atomic E-state index is 0.0930. The van der Waals surface area contributed by atoms with Crippen molar-refractivity contribution in [2.24, 2.45) is 0 Å². The molecular weight excluding hydrogens is 360 g/mol. The summed E-state index contributed by atoms with van der Waals surface area (Å²) in [4.78, 5) is 37.5. The van der Waals surface area contributed by atoms with Crippen molar-refractivity contribution in [3.8, 4) is 5.75 Å². The van der Waals surface area contributed by atoms with E-state index in [-0.39, 0.29) is 24.5 Å². The van der Waals surface area contributed by atoms with Crippen LogP contribution in [0.15, 0.2) is 42.5 Å². The Kier molecular flexibility index (Phi) is 5.44. The van der Waals surface area contributed by atoms with Crippen LogP contribution in [-0.4, -0.2) is 37.4 Å². The monoisotopic (exact) mass is 375 g/mol. The number of ether oxygens (including phenoxy) is 2. The number of para-hydroxylation sites is 2. The maximum absolute atomic E-state index is 13.2. The van der Waals surface area contributed by atoms with Gasteiger partial charge in [0.15, 0.2) is 24.0 Å². The number of carbonyl (C=O) groups is 3. The Morgan fingerprint density at radius 1 is 1.11 bits per heavy atom. The topological polar surface area (TPSA) is 72.9 Å². The van der Waals surface area contributed by atoms with Gasteiger partial charge < -0.3 is 9.47 Å². The number of halogens is 2. The largest absolute Gasteiger partial charge is 0.491 e. The Labute approximate surface area is 153 Å². The lowest BCUT2D eigenvalue weighted by molar-refractivity contribution is -0.141. The molecule has 0 spiro atoms. The number of carbonyl (C=O) groups excluding carboxylic acids is 3. The molecule has 140 valence electrons. The molecule has 3 rings (SSSR count). The number of Topliss-reactive ketones (excluding diaryl/α,β-unsaturated/α-hetero) is 1. The summed E-state index contributed by atoms with van der Waals surface area (Å²) < 4.78 is 36.5. The number of fused-ring (bicyclic) bond motifs is 1. The minimum atomic E-state index is -1.17. The molecule has 2 aromatic rings. The number of hydrogen-bond acceptors (Lipinski definition) is 5. The Hall–Kier alpha value is -3.29. The molecule has 0 bridgehead atoms. The van der Waals surface area contributed by atoms with Gasteiger partial charge in [-0.1, -0.05) is 12.1 Å². The van der Waals surface area contributed by atoms with Gasteiger partial charge in [-0.2, -0.15) is 0 Å². The zero-order valence-corrected chi connectivity index (χ0v) is 14.1. The van der Waals surface area contributed by atoms with Gasteiger partial charge in [0, 0.05) is 5.56 Å². The molecule has 1 aliphatic heterocycles. The lowest BCUT2D eigenvalue weighted by Crippen LogP contribution is -2.36. The summed E-state index contributed by atoms with van der Waals surface area (Å²) in [5.41, 5.74) is 0.315. The maximum Gasteiger partial charge on any atom is 0.326 e. The van der Waals surface area contributed by atoms with Gasteiger partial charge in [-0.05, 0) is 30.3 Å². The van der Waals surface area contributed by atoms with E-state index >= 15 is 0 Å². The van der Waals surface area contributed by atoms with Crippen LogP contribution in [0.1, 0.15) is 16.8 Å². The molecular formula is C19H15F2NO5. The first-order valence-corrected chi connectivity index (χ1v) is 8.12. The van der Waals surface area contributed by atoms with Gasteiger partial charge in [0.25, 0.3) is 0 Å². The van der Waals surface area contributed by atoms with Gasteiger partial charge in [-0.15, -0.1) is 0 Å². The van der Waals surface area contributed by atoms with E-state index in [1.165, 1.54) is 4.90 Å². The molecule has 27 heavy (non-hydrogen) atoms. The van der Waals surface area contributed by atoms with Gasteiger partial charge in [0.2, 0.25) is 5.91 Å². The smallest absolute Gasteiger partial charge is 0.326 e. The second kappa shape index (κ2) is 7.94. The highest BCUT2D eigenvalue weighted by Gasteiger charge is 2.26. The molecule has 0 radical (unpaired) electrons. The quantitative estimate of drug-likeness (QED) is 0.593. The number of benzene rings is 2. The standard InChI is InChI=1S/C19H15F2NO5/c20-13-6-5-12(9-14(13)21)16(23)11-27-19(25)10-22-15-3-1-2-4-17(15)26-8-7-18(22)24/h1-6,9H,7-8,10-11H2. The SMILES string of the molecule is O=C(CN1C(=O)CCOc2ccccc21)OCC(=O)c1ccc(F)c(F)c1. The number of nitrogens with zero attached hydrogens (tertiary/aromatic N) is 1. The number of esters is 1. The first-order chi connectivity index (χ1) is 13.0. The Morgan fingerprint density at radius 2 is 1.89 bits per heavy atom. The number of ketones is 1. The number of amides is 1. The van der Waals surface area contributed by atoms with E-state index in [0.29, 0.717) is 11.4 Å². The van der Waals surface area contributed by atoms with E-state index in [1.807, 2.05) is 0 Å². The van der Waals surface area contributed by atoms with Crippen LogP contribution < -0.4 is 9.64 Å². The molecule has 0 saturated heterocycles. The van der Waals surface area contributed by atoms with Crippen molar-refractivity contribution in [2.45, 2.75) is 6.42 Å². The van der Waals surface area contributed by atoms with Gasteiger partial charge in [-0.3, -0.25) is 19.3 Å². The molecule has 0 N–H and O–H groups in total. The highest BCUT2D eigenvalue weighted by atomic mass is 19.2. The van der Waals surface area contributed by atoms with Crippen LogP contribution in [0, 0.1) is 11.6 Å². The first-order valence-electron chi connectivity index (χ1n) is 8.12. The molecule has 0 saturated carbocycles. The Bertz CT molecular complexity index is 899. The van der Waals surface area contributed by atoms with E-state index in [4.69, 9.17) is 9.47 Å². The molecule has 0 atom stereocenters. The van der Waals surface area contributed by atoms with E-state index in [2.05, 4.69) is 0 Å². The van der Waals surface area contributed by atoms with E-state index < -0.39 is 36.5 Å². The van der Waals surface area contributed by atoms with Crippen LogP contribution in [0.25, 0.3) is 0 Å². The molecule has 0 fully saturated rings. The summed E-state index contributed by atoms with van der Waals surface area (Å²) in [6, 6.07) is 9.41. The van der Waals surface area contributed by atoms with Gasteiger partial charge in [0.05, 0.1) is 18.7 Å². The maximum atomic E-state index is 13.2. The first kappa shape index (κ1) is 18.5. The van der Waals surface area contributed by atoms with Crippen molar-refractivity contribution in [2.75, 3.05) is 24.7 Å². The van der Waals surface area contributed by atoms with Gasteiger partial charge in [-0.25, -0.2) is 8.78 Å². The minimum Gasteiger partial charge on any atom is -0.491 e. The molecule has 8 heteroatoms. The van der Waals surface area contributed by atoms with Gasteiger partial charge >= 0.3 is 5.97 Å². The molecule has 0 aliphatic carbocycles. The Morgan fingerprint density at radius 3 is 2.67 bits per heavy atom. The second-order valence-electron chi connectivity index (χ2n) is 5.76. The summed E-state index contributed by atoms with van der Waals surface area (Å²) in [5, 5.41) is 0. The van der Waals surface area contributed by atoms with Crippen molar-refractivity contribution in [1.82, 2.24) is 0 Å². The molecule has 2 aromatic carbocycles. The lowest BCUT2D eigenvalue weighted by Gasteiger charge is -2.20. The number of hydrogen-bond donors (Lipinski definition) is 0. The highest BCUT2D eigenvalue weighted by molar-refractivity contribution is 6.01. The van der Waals surface area contributed by atoms with Crippen molar-refractivity contribution >= 4 is 23.3 Å². The number of rotatable bonds is 5. The fourth-order valence-electron chi connectivity index (χ4n) is 2.57. The zero-order chi connectivity index (χ0) is 19.4. The normalized spacial score (nSPS) is 13.4. The average Bonchev–Trinajstić information content (AvgIpc) is 2.81. The molecule has 1 amide bonds. The molecule has 1 heterocycles. The fraction of sp³-hybridized carbons (Fsp3) is 0.211. The predicted molar refractivity (Wildman–Crippen MR) is 90.6 cm³/mol. The molecule has 1 aliphatic rings. The van der Waals surface area contributed by atoms with Crippen molar-refractivity contribution in [1.29, 1.82) is 0 Å². The van der Waals surface area contributed by atoms with Crippen molar-refractivity contribution in [3.63, 3.8) is 0 Å². The van der Waals surface area contributed by atoms with Crippen LogP contribution in [0.5, 0.6) is 5.75 Å². The van der Waals surface area contributed by atoms with Crippen LogP contribution in [0.4, 0.5) is 14.5 Å². The summed E-state index contributed by atoms with van der Waals surface area (Å²) in [5.74, 6) is -3.59. The van der Waals surface area contributed by atoms with Crippen LogP contribution in [-0.2, 0) is 14.3 Å². The number of anilines is 1. The van der Waals surface area contributed by atoms with Crippen molar-refractivity contribution < 1.29 is 32.6 Å². The third kappa shape index (κ3) is 4.28. The molecule has 0 unspecified atom stereocenters. The van der Waals surface area contributed by atoms with Crippen LogP contribution >= 0.6 is 0 Å². The van der Waals surface area contributed by atoms with Gasteiger partial charge in [0.1, 0.15) is 12.3 Å². The third-order valence-corrected chi connectivity index (χ3v) is 3.92. The lowest BCUT2D eigenvalue weighted by atomic mass is 10.1. The predicted octanol–water partition coefficient (Wildman–Crippen LogP) is 2.51. The average molecular weight is 375 g/mol. The second-order valence-corrected chi connectivity index (χ2v) is 5.76. The van der Waals surface area contributed by atoms with Crippen LogP contribution in [0.2, 0.25) is 0 Å². The highest BCUT2D eigenvalue weighted by Crippen LogP contribution is 2.30. The summed E-state index contributed by atoms with van der Waals surface area (Å²) in [6.07, 6.45) is 0.0930. The van der Waals surface area contributed by atoms with E-state index in [9.17, 15) is 23.2 Å². The summed E-state index contributed by atoms with van der Waals surface area (Å²) in [7, 11) is 0. The van der Waals surface area contributed by atoms with Crippen molar-refractivity contribution in [3.05, 3.63) is 59.7 Å². The zero-order valence-electron chi connectivity index (χ0n) is 14.1. The molecule has 0 aromatic heterocycles. The summed E-state index contributed by atoms with van der Waals surface area (Å²) >= 11 is 0. The Balaban J connectivity index is 1.64.